The Balaban J connectivity index is 1.89. The Hall–Kier alpha value is -3.56. The molecule has 2 aromatic heterocycles. The lowest BCUT2D eigenvalue weighted by molar-refractivity contribution is 0.373. The van der Waals surface area contributed by atoms with Crippen molar-refractivity contribution < 1.29 is 9.84 Å². The van der Waals surface area contributed by atoms with Crippen LogP contribution in [-0.4, -0.2) is 37.5 Å². The Morgan fingerprint density at radius 2 is 2.08 bits per heavy atom. The van der Waals surface area contributed by atoms with Crippen LogP contribution in [0.4, 0.5) is 5.95 Å². The monoisotopic (exact) mass is 344 g/mol. The summed E-state index contributed by atoms with van der Waals surface area (Å²) >= 11 is 0. The van der Waals surface area contributed by atoms with Crippen LogP contribution in [-0.2, 0) is 14.1 Å². The van der Waals surface area contributed by atoms with Gasteiger partial charge in [0.25, 0.3) is 5.56 Å². The highest BCUT2D eigenvalue weighted by Crippen LogP contribution is 2.25. The Morgan fingerprint density at radius 1 is 1.32 bits per heavy atom. The van der Waals surface area contributed by atoms with Crippen LogP contribution >= 0.6 is 0 Å². The molecule has 0 atom stereocenters. The number of benzene rings is 1. The molecule has 0 radical (unpaired) electrons. The first kappa shape index (κ1) is 16.3. The second kappa shape index (κ2) is 6.15. The van der Waals surface area contributed by atoms with E-state index < -0.39 is 11.2 Å². The summed E-state index contributed by atoms with van der Waals surface area (Å²) in [6.45, 7) is 0. The summed E-state index contributed by atoms with van der Waals surface area (Å²) < 4.78 is 7.29. The molecule has 1 aromatic carbocycles. The average molecular weight is 344 g/mol. The van der Waals surface area contributed by atoms with Crippen molar-refractivity contribution in [3.8, 4) is 11.5 Å². The maximum atomic E-state index is 12.1. The minimum absolute atomic E-state index is 0.0293. The number of ether oxygens (including phenoxy) is 1. The zero-order valence-electron chi connectivity index (χ0n) is 13.8. The number of aromatic nitrogens is 4. The smallest absolute Gasteiger partial charge is 0.332 e. The van der Waals surface area contributed by atoms with Crippen molar-refractivity contribution in [1.29, 1.82) is 0 Å². The molecule has 0 aliphatic rings. The number of hydrogen-bond donors (Lipinski definition) is 3. The summed E-state index contributed by atoms with van der Waals surface area (Å²) in [5.41, 5.74) is 2.85. The largest absolute Gasteiger partial charge is 0.504 e. The molecule has 0 amide bonds. The van der Waals surface area contributed by atoms with E-state index in [9.17, 15) is 14.7 Å². The Kier molecular flexibility index (Phi) is 4.01. The number of phenolic OH excluding ortho intramolecular Hbond substituents is 1. The third kappa shape index (κ3) is 2.84. The van der Waals surface area contributed by atoms with E-state index in [0.717, 1.165) is 4.57 Å². The Morgan fingerprint density at radius 3 is 2.80 bits per heavy atom. The van der Waals surface area contributed by atoms with Crippen LogP contribution < -0.4 is 21.4 Å². The standard InChI is InChI=1S/C15H16N6O4/c1-20-12-11(13(23)21(2)15(20)24)17-14(18-12)19-16-7-8-4-5-9(22)10(6-8)25-3/h4-7,22H,1-3H3,(H2,17,18,19)/b16-7+. The quantitative estimate of drug-likeness (QED) is 0.456. The van der Waals surface area contributed by atoms with Crippen molar-refractivity contribution in [2.24, 2.45) is 19.2 Å². The van der Waals surface area contributed by atoms with Gasteiger partial charge in [-0.2, -0.15) is 10.1 Å². The van der Waals surface area contributed by atoms with Crippen LogP contribution in [0, 0.1) is 0 Å². The molecule has 0 unspecified atom stereocenters. The fraction of sp³-hybridized carbons (Fsp3) is 0.200. The second-order valence-corrected chi connectivity index (χ2v) is 5.29. The highest BCUT2D eigenvalue weighted by Gasteiger charge is 2.12. The van der Waals surface area contributed by atoms with E-state index in [2.05, 4.69) is 20.5 Å². The van der Waals surface area contributed by atoms with E-state index >= 15 is 0 Å². The average Bonchev–Trinajstić information content (AvgIpc) is 3.04. The molecule has 0 bridgehead atoms. The number of hydrogen-bond acceptors (Lipinski definition) is 7. The minimum atomic E-state index is -0.467. The number of fused-ring (bicyclic) bond motifs is 1. The van der Waals surface area contributed by atoms with Crippen molar-refractivity contribution in [1.82, 2.24) is 19.1 Å². The van der Waals surface area contributed by atoms with Crippen LogP contribution in [0.1, 0.15) is 5.56 Å². The van der Waals surface area contributed by atoms with Gasteiger partial charge in [-0.15, -0.1) is 0 Å². The molecule has 0 spiro atoms. The van der Waals surface area contributed by atoms with Crippen molar-refractivity contribution in [3.63, 3.8) is 0 Å². The van der Waals surface area contributed by atoms with E-state index in [0.29, 0.717) is 11.3 Å². The number of aromatic hydroxyl groups is 1. The van der Waals surface area contributed by atoms with Crippen molar-refractivity contribution in [3.05, 3.63) is 44.6 Å². The number of rotatable bonds is 4. The third-order valence-corrected chi connectivity index (χ3v) is 3.68. The molecule has 0 saturated carbocycles. The molecule has 10 nitrogen and oxygen atoms in total. The molecule has 25 heavy (non-hydrogen) atoms. The SMILES string of the molecule is COc1cc(/C=N/Nc2nc3c([nH]2)c(=O)n(C)c(=O)n3C)ccc1O. The van der Waals surface area contributed by atoms with Gasteiger partial charge in [0, 0.05) is 14.1 Å². The van der Waals surface area contributed by atoms with Gasteiger partial charge in [0.2, 0.25) is 5.95 Å². The molecule has 3 rings (SSSR count). The number of hydrazone groups is 1. The number of phenols is 1. The van der Waals surface area contributed by atoms with Crippen molar-refractivity contribution >= 4 is 23.3 Å². The number of methoxy groups -OCH3 is 1. The molecule has 0 aliphatic carbocycles. The zero-order valence-corrected chi connectivity index (χ0v) is 13.8. The Labute approximate surface area is 141 Å². The number of aromatic amines is 1. The summed E-state index contributed by atoms with van der Waals surface area (Å²) in [6.07, 6.45) is 1.49. The molecule has 3 N–H and O–H groups in total. The lowest BCUT2D eigenvalue weighted by Gasteiger charge is -2.03. The van der Waals surface area contributed by atoms with Gasteiger partial charge in [-0.05, 0) is 23.8 Å². The normalized spacial score (nSPS) is 11.3. The number of anilines is 1. The second-order valence-electron chi connectivity index (χ2n) is 5.29. The first-order valence-corrected chi connectivity index (χ1v) is 7.24. The fourth-order valence-electron chi connectivity index (χ4n) is 2.32. The van der Waals surface area contributed by atoms with Crippen LogP contribution in [0.25, 0.3) is 11.2 Å². The predicted molar refractivity (Wildman–Crippen MR) is 92.5 cm³/mol. The molecule has 3 aromatic rings. The fourth-order valence-corrected chi connectivity index (χ4v) is 2.32. The number of nitrogens with one attached hydrogen (secondary N) is 2. The summed E-state index contributed by atoms with van der Waals surface area (Å²) in [6, 6.07) is 4.75. The maximum absolute atomic E-state index is 12.1. The maximum Gasteiger partial charge on any atom is 0.332 e. The van der Waals surface area contributed by atoms with Crippen LogP contribution in [0.5, 0.6) is 11.5 Å². The molecular weight excluding hydrogens is 328 g/mol. The number of imidazole rings is 1. The molecule has 10 heteroatoms. The highest BCUT2D eigenvalue weighted by molar-refractivity contribution is 5.81. The summed E-state index contributed by atoms with van der Waals surface area (Å²) in [7, 11) is 4.38. The van der Waals surface area contributed by atoms with Gasteiger partial charge >= 0.3 is 5.69 Å². The topological polar surface area (TPSA) is 127 Å². The molecule has 130 valence electrons. The lowest BCUT2D eigenvalue weighted by atomic mass is 10.2. The van der Waals surface area contributed by atoms with Gasteiger partial charge in [0.15, 0.2) is 22.7 Å². The zero-order chi connectivity index (χ0) is 18.1. The predicted octanol–water partition coefficient (Wildman–Crippen LogP) is 0.120. The van der Waals surface area contributed by atoms with Gasteiger partial charge < -0.3 is 14.8 Å². The van der Waals surface area contributed by atoms with Crippen molar-refractivity contribution in [2.75, 3.05) is 12.5 Å². The Bertz CT molecular complexity index is 1090. The minimum Gasteiger partial charge on any atom is -0.504 e. The third-order valence-electron chi connectivity index (χ3n) is 3.68. The first-order chi connectivity index (χ1) is 11.9. The van der Waals surface area contributed by atoms with Gasteiger partial charge in [-0.3, -0.25) is 13.9 Å². The van der Waals surface area contributed by atoms with Gasteiger partial charge in [-0.1, -0.05) is 0 Å². The van der Waals surface area contributed by atoms with Crippen LogP contribution in [0.2, 0.25) is 0 Å². The summed E-state index contributed by atoms with van der Waals surface area (Å²) in [5.74, 6) is 0.572. The van der Waals surface area contributed by atoms with E-state index in [-0.39, 0.29) is 22.9 Å². The number of aryl methyl sites for hydroxylation is 1. The van der Waals surface area contributed by atoms with Gasteiger partial charge in [0.05, 0.1) is 13.3 Å². The van der Waals surface area contributed by atoms with E-state index in [1.165, 1.54) is 38.1 Å². The van der Waals surface area contributed by atoms with Gasteiger partial charge in [-0.25, -0.2) is 10.2 Å². The summed E-state index contributed by atoms with van der Waals surface area (Å²) in [5, 5.41) is 13.6. The van der Waals surface area contributed by atoms with Gasteiger partial charge in [0.1, 0.15) is 0 Å². The van der Waals surface area contributed by atoms with Crippen LogP contribution in [0.3, 0.4) is 0 Å². The molecule has 0 aliphatic heterocycles. The first-order valence-electron chi connectivity index (χ1n) is 7.24. The summed E-state index contributed by atoms with van der Waals surface area (Å²) in [4.78, 5) is 30.9. The van der Waals surface area contributed by atoms with Crippen LogP contribution in [0.15, 0.2) is 32.9 Å². The number of nitrogens with zero attached hydrogens (tertiary/aromatic N) is 4. The molecule has 2 heterocycles. The van der Waals surface area contributed by atoms with E-state index in [4.69, 9.17) is 4.74 Å². The van der Waals surface area contributed by atoms with Crippen molar-refractivity contribution in [2.45, 2.75) is 0 Å². The van der Waals surface area contributed by atoms with E-state index in [1.807, 2.05) is 0 Å². The lowest BCUT2D eigenvalue weighted by Crippen LogP contribution is -2.36. The highest BCUT2D eigenvalue weighted by atomic mass is 16.5. The molecule has 0 saturated heterocycles. The molecular formula is C15H16N6O4. The molecule has 0 fully saturated rings. The van der Waals surface area contributed by atoms with E-state index in [1.54, 1.807) is 12.1 Å². The number of H-pyrrole nitrogens is 1.